The molecule has 2 nitrogen and oxygen atoms in total. The Balaban J connectivity index is 2.82. The molecule has 0 saturated heterocycles. The molecule has 0 aliphatic heterocycles. The molecule has 3 unspecified atom stereocenters. The van der Waals surface area contributed by atoms with E-state index in [4.69, 9.17) is 5.73 Å². The number of hydrogen-bond donors (Lipinski definition) is 1. The van der Waals surface area contributed by atoms with Gasteiger partial charge in [-0.05, 0) is 63.5 Å². The molecule has 0 radical (unpaired) electrons. The monoisotopic (exact) mass is 254 g/mol. The van der Waals surface area contributed by atoms with Crippen LogP contribution in [0.25, 0.3) is 0 Å². The van der Waals surface area contributed by atoms with E-state index in [0.29, 0.717) is 23.4 Å². The summed E-state index contributed by atoms with van der Waals surface area (Å²) in [4.78, 5) is 2.66. The minimum absolute atomic E-state index is 0.439. The van der Waals surface area contributed by atoms with E-state index in [0.717, 1.165) is 19.0 Å². The van der Waals surface area contributed by atoms with Crippen molar-refractivity contribution < 1.29 is 0 Å². The van der Waals surface area contributed by atoms with Crippen LogP contribution >= 0.6 is 0 Å². The maximum atomic E-state index is 6.01. The minimum atomic E-state index is 0.439. The highest BCUT2D eigenvalue weighted by Gasteiger charge is 2.38. The topological polar surface area (TPSA) is 29.3 Å². The number of nitrogens with zero attached hydrogens (tertiary/aromatic N) is 1. The van der Waals surface area contributed by atoms with Crippen molar-refractivity contribution in [3.05, 3.63) is 0 Å². The summed E-state index contributed by atoms with van der Waals surface area (Å²) < 4.78 is 0. The van der Waals surface area contributed by atoms with Crippen molar-refractivity contribution in [1.82, 2.24) is 4.90 Å². The van der Waals surface area contributed by atoms with Gasteiger partial charge in [-0.25, -0.2) is 0 Å². The third-order valence-electron chi connectivity index (χ3n) is 4.94. The van der Waals surface area contributed by atoms with Crippen LogP contribution < -0.4 is 5.73 Å². The molecule has 1 aliphatic carbocycles. The molecule has 18 heavy (non-hydrogen) atoms. The van der Waals surface area contributed by atoms with Gasteiger partial charge in [-0.1, -0.05) is 27.7 Å². The van der Waals surface area contributed by atoms with Gasteiger partial charge in [-0.15, -0.1) is 0 Å². The van der Waals surface area contributed by atoms with Gasteiger partial charge < -0.3 is 5.73 Å². The molecule has 0 amide bonds. The Labute approximate surface area is 114 Å². The molecule has 2 N–H and O–H groups in total. The first kappa shape index (κ1) is 16.0. The van der Waals surface area contributed by atoms with E-state index in [1.165, 1.54) is 19.3 Å². The summed E-state index contributed by atoms with van der Waals surface area (Å²) in [5, 5.41) is 0. The lowest BCUT2D eigenvalue weighted by molar-refractivity contribution is 0.0314. The quantitative estimate of drug-likeness (QED) is 0.832. The third kappa shape index (κ3) is 3.71. The number of hydrogen-bond acceptors (Lipinski definition) is 2. The van der Waals surface area contributed by atoms with E-state index in [9.17, 15) is 0 Å². The predicted octanol–water partition coefficient (Wildman–Crippen LogP) is 3.51. The van der Waals surface area contributed by atoms with Gasteiger partial charge >= 0.3 is 0 Å². The fourth-order valence-electron chi connectivity index (χ4n) is 3.66. The van der Waals surface area contributed by atoms with E-state index in [1.807, 2.05) is 0 Å². The highest BCUT2D eigenvalue weighted by atomic mass is 15.2. The Hall–Kier alpha value is -0.0800. The summed E-state index contributed by atoms with van der Waals surface area (Å²) in [7, 11) is 0. The second-order valence-electron chi connectivity index (χ2n) is 7.36. The molecule has 0 heterocycles. The first-order valence-corrected chi connectivity index (χ1v) is 7.77. The molecule has 1 rings (SSSR count). The predicted molar refractivity (Wildman–Crippen MR) is 80.6 cm³/mol. The molecule has 0 spiro atoms. The second kappa shape index (κ2) is 6.38. The summed E-state index contributed by atoms with van der Waals surface area (Å²) in [6.45, 7) is 16.1. The molecule has 108 valence electrons. The maximum absolute atomic E-state index is 6.01. The van der Waals surface area contributed by atoms with Crippen molar-refractivity contribution in [2.45, 2.75) is 72.9 Å². The van der Waals surface area contributed by atoms with Gasteiger partial charge in [0.2, 0.25) is 0 Å². The minimum Gasteiger partial charge on any atom is -0.330 e. The maximum Gasteiger partial charge on any atom is 0.0141 e. The van der Waals surface area contributed by atoms with Crippen molar-refractivity contribution >= 4 is 0 Å². The number of rotatable bonds is 4. The van der Waals surface area contributed by atoms with E-state index in [2.05, 4.69) is 46.4 Å². The van der Waals surface area contributed by atoms with E-state index < -0.39 is 0 Å². The highest BCUT2D eigenvalue weighted by molar-refractivity contribution is 4.91. The van der Waals surface area contributed by atoms with Gasteiger partial charge in [0.25, 0.3) is 0 Å². The normalized spacial score (nSPS) is 30.2. The van der Waals surface area contributed by atoms with Gasteiger partial charge in [0.1, 0.15) is 0 Å². The lowest BCUT2D eigenvalue weighted by atomic mass is 9.67. The fraction of sp³-hybridized carbons (Fsp3) is 1.00. The molecule has 0 aromatic carbocycles. The Bertz CT molecular complexity index is 242. The van der Waals surface area contributed by atoms with Crippen molar-refractivity contribution in [2.75, 3.05) is 13.1 Å². The summed E-state index contributed by atoms with van der Waals surface area (Å²) in [6, 6.07) is 1.32. The SMILES string of the molecule is CCN(C(C)C)C1CC(C(C)(C)C)CCC1CN. The molecular weight excluding hydrogens is 220 g/mol. The lowest BCUT2D eigenvalue weighted by Gasteiger charge is -2.47. The fourth-order valence-corrected chi connectivity index (χ4v) is 3.66. The molecule has 3 atom stereocenters. The summed E-state index contributed by atoms with van der Waals surface area (Å²) in [5.41, 5.74) is 6.45. The third-order valence-corrected chi connectivity index (χ3v) is 4.94. The van der Waals surface area contributed by atoms with Crippen LogP contribution in [0.1, 0.15) is 60.8 Å². The van der Waals surface area contributed by atoms with Crippen LogP contribution in [0.4, 0.5) is 0 Å². The van der Waals surface area contributed by atoms with Crippen LogP contribution in [0.3, 0.4) is 0 Å². The summed E-state index contributed by atoms with van der Waals surface area (Å²) >= 11 is 0. The van der Waals surface area contributed by atoms with Crippen molar-refractivity contribution in [2.24, 2.45) is 23.0 Å². The molecule has 1 saturated carbocycles. The first-order valence-electron chi connectivity index (χ1n) is 7.77. The van der Waals surface area contributed by atoms with Crippen LogP contribution in [0, 0.1) is 17.3 Å². The molecule has 1 aliphatic rings. The van der Waals surface area contributed by atoms with Gasteiger partial charge in [-0.2, -0.15) is 0 Å². The van der Waals surface area contributed by atoms with Crippen LogP contribution in [0.2, 0.25) is 0 Å². The van der Waals surface area contributed by atoms with Gasteiger partial charge in [0.15, 0.2) is 0 Å². The van der Waals surface area contributed by atoms with Crippen LogP contribution in [-0.2, 0) is 0 Å². The first-order chi connectivity index (χ1) is 8.31. The Morgan fingerprint density at radius 2 is 1.83 bits per heavy atom. The molecule has 0 aromatic heterocycles. The summed E-state index contributed by atoms with van der Waals surface area (Å²) in [5.74, 6) is 1.55. The average Bonchev–Trinajstić information content (AvgIpc) is 2.28. The zero-order valence-electron chi connectivity index (χ0n) is 13.4. The Morgan fingerprint density at radius 3 is 2.22 bits per heavy atom. The summed E-state index contributed by atoms with van der Waals surface area (Å²) in [6.07, 6.45) is 4.00. The molecule has 0 aromatic rings. The van der Waals surface area contributed by atoms with Gasteiger partial charge in [0.05, 0.1) is 0 Å². The smallest absolute Gasteiger partial charge is 0.0141 e. The molecular formula is C16H34N2. The van der Waals surface area contributed by atoms with Crippen molar-refractivity contribution in [1.29, 1.82) is 0 Å². The van der Waals surface area contributed by atoms with Gasteiger partial charge in [-0.3, -0.25) is 4.90 Å². The van der Waals surface area contributed by atoms with Crippen LogP contribution in [0.5, 0.6) is 0 Å². The van der Waals surface area contributed by atoms with Crippen molar-refractivity contribution in [3.63, 3.8) is 0 Å². The molecule has 1 fully saturated rings. The van der Waals surface area contributed by atoms with E-state index in [1.54, 1.807) is 0 Å². The van der Waals surface area contributed by atoms with Crippen LogP contribution in [0.15, 0.2) is 0 Å². The van der Waals surface area contributed by atoms with E-state index >= 15 is 0 Å². The van der Waals surface area contributed by atoms with Crippen molar-refractivity contribution in [3.8, 4) is 0 Å². The van der Waals surface area contributed by atoms with Gasteiger partial charge in [0, 0.05) is 12.1 Å². The molecule has 0 bridgehead atoms. The molecule has 2 heteroatoms. The average molecular weight is 254 g/mol. The zero-order valence-corrected chi connectivity index (χ0v) is 13.4. The Kier molecular flexibility index (Phi) is 5.67. The second-order valence-corrected chi connectivity index (χ2v) is 7.36. The highest BCUT2D eigenvalue weighted by Crippen LogP contribution is 2.41. The zero-order chi connectivity index (χ0) is 13.9. The Morgan fingerprint density at radius 1 is 1.22 bits per heavy atom. The number of nitrogens with two attached hydrogens (primary N) is 1. The standard InChI is InChI=1S/C16H34N2/c1-7-18(12(2)3)15-10-14(16(4,5)6)9-8-13(15)11-17/h12-15H,7-11,17H2,1-6H3. The van der Waals surface area contributed by atoms with Crippen LogP contribution in [-0.4, -0.2) is 30.1 Å². The van der Waals surface area contributed by atoms with E-state index in [-0.39, 0.29) is 0 Å². The lowest BCUT2D eigenvalue weighted by Crippen LogP contribution is -2.50. The largest absolute Gasteiger partial charge is 0.330 e.